The molecule has 1 aliphatic rings. The Kier molecular flexibility index (Phi) is 6.18. The molecule has 1 heterocycles. The molecule has 0 amide bonds. The van der Waals surface area contributed by atoms with Gasteiger partial charge in [-0.3, -0.25) is 0 Å². The molecule has 8 heteroatoms. The molecule has 0 spiro atoms. The summed E-state index contributed by atoms with van der Waals surface area (Å²) in [4.78, 5) is 0. The predicted molar refractivity (Wildman–Crippen MR) is 99.5 cm³/mol. The predicted octanol–water partition coefficient (Wildman–Crippen LogP) is 0.447. The maximum Gasteiger partial charge on any atom is 0.229 e. The molecule has 0 aliphatic carbocycles. The Balaban J connectivity index is 1.76. The van der Waals surface area contributed by atoms with Crippen LogP contribution in [0.15, 0.2) is 42.5 Å². The summed E-state index contributed by atoms with van der Waals surface area (Å²) in [5, 5.41) is 58.2. The van der Waals surface area contributed by atoms with Crippen molar-refractivity contribution in [3.8, 4) is 17.2 Å². The van der Waals surface area contributed by atoms with Crippen molar-refractivity contribution in [1.82, 2.24) is 0 Å². The minimum Gasteiger partial charge on any atom is -0.508 e. The first kappa shape index (κ1) is 20.1. The maximum absolute atomic E-state index is 10.1. The van der Waals surface area contributed by atoms with Gasteiger partial charge in [-0.2, -0.15) is 0 Å². The van der Waals surface area contributed by atoms with E-state index in [1.807, 2.05) is 0 Å². The van der Waals surface area contributed by atoms with Gasteiger partial charge in [0.1, 0.15) is 41.7 Å². The van der Waals surface area contributed by atoms with Crippen molar-refractivity contribution in [3.63, 3.8) is 0 Å². The summed E-state index contributed by atoms with van der Waals surface area (Å²) in [5.74, 6) is 0.229. The van der Waals surface area contributed by atoms with E-state index in [1.54, 1.807) is 42.5 Å². The second-order valence-electron chi connectivity index (χ2n) is 6.50. The second kappa shape index (κ2) is 8.59. The summed E-state index contributed by atoms with van der Waals surface area (Å²) < 4.78 is 10.8. The Labute approximate surface area is 161 Å². The lowest BCUT2D eigenvalue weighted by Crippen LogP contribution is -2.60. The van der Waals surface area contributed by atoms with Crippen LogP contribution >= 0.6 is 0 Å². The fourth-order valence-corrected chi connectivity index (χ4v) is 2.85. The Morgan fingerprint density at radius 3 is 2.18 bits per heavy atom. The van der Waals surface area contributed by atoms with E-state index in [-0.39, 0.29) is 17.2 Å². The van der Waals surface area contributed by atoms with Crippen molar-refractivity contribution in [2.75, 3.05) is 6.61 Å². The van der Waals surface area contributed by atoms with Crippen LogP contribution in [0.3, 0.4) is 0 Å². The normalized spacial score (nSPS) is 27.8. The first-order valence-corrected chi connectivity index (χ1v) is 8.65. The van der Waals surface area contributed by atoms with Gasteiger partial charge in [0.2, 0.25) is 6.29 Å². The van der Waals surface area contributed by atoms with Crippen LogP contribution in [0.5, 0.6) is 17.2 Å². The van der Waals surface area contributed by atoms with Crippen LogP contribution in [-0.2, 0) is 4.74 Å². The number of benzene rings is 2. The number of aliphatic hydroxyl groups excluding tert-OH is 4. The van der Waals surface area contributed by atoms with Crippen LogP contribution in [0, 0.1) is 0 Å². The van der Waals surface area contributed by atoms with Crippen LogP contribution in [0.1, 0.15) is 11.1 Å². The molecule has 28 heavy (non-hydrogen) atoms. The number of hydrogen-bond donors (Lipinski definition) is 6. The highest BCUT2D eigenvalue weighted by atomic mass is 16.7. The van der Waals surface area contributed by atoms with Gasteiger partial charge in [-0.1, -0.05) is 24.3 Å². The molecule has 1 fully saturated rings. The van der Waals surface area contributed by atoms with Gasteiger partial charge in [-0.25, -0.2) is 0 Å². The number of phenols is 2. The third kappa shape index (κ3) is 4.61. The Hall–Kier alpha value is -2.62. The third-order valence-corrected chi connectivity index (χ3v) is 4.38. The molecule has 6 N–H and O–H groups in total. The lowest BCUT2D eigenvalue weighted by Gasteiger charge is -2.39. The second-order valence-corrected chi connectivity index (χ2v) is 6.50. The van der Waals surface area contributed by atoms with E-state index in [0.717, 1.165) is 5.56 Å². The molecule has 0 saturated carbocycles. The molecule has 1 saturated heterocycles. The zero-order valence-electron chi connectivity index (χ0n) is 14.8. The monoisotopic (exact) mass is 390 g/mol. The van der Waals surface area contributed by atoms with Gasteiger partial charge in [0.05, 0.1) is 6.61 Å². The van der Waals surface area contributed by atoms with Crippen molar-refractivity contribution in [1.29, 1.82) is 0 Å². The molecule has 0 bridgehead atoms. The Morgan fingerprint density at radius 1 is 0.821 bits per heavy atom. The van der Waals surface area contributed by atoms with Crippen molar-refractivity contribution in [2.24, 2.45) is 0 Å². The standard InChI is InChI=1S/C20H22O8/c21-10-16-17(24)18(25)19(26)20(28-16)27-15-8-12(7-14(23)9-15)2-1-11-3-5-13(22)6-4-11/h1-9,16-26H,10H2/b2-1-/t16?,17-,18?,19+,20-/m1/s1. The molecule has 2 unspecified atom stereocenters. The van der Waals surface area contributed by atoms with Crippen LogP contribution < -0.4 is 4.74 Å². The number of aliphatic hydroxyl groups is 4. The highest BCUT2D eigenvalue weighted by molar-refractivity contribution is 5.71. The van der Waals surface area contributed by atoms with Gasteiger partial charge in [0, 0.05) is 6.07 Å². The van der Waals surface area contributed by atoms with Crippen LogP contribution in [-0.4, -0.2) is 68.0 Å². The molecule has 2 aromatic rings. The van der Waals surface area contributed by atoms with Gasteiger partial charge in [-0.05, 0) is 35.4 Å². The number of hydrogen-bond acceptors (Lipinski definition) is 8. The fraction of sp³-hybridized carbons (Fsp3) is 0.300. The zero-order chi connectivity index (χ0) is 20.3. The summed E-state index contributed by atoms with van der Waals surface area (Å²) in [7, 11) is 0. The van der Waals surface area contributed by atoms with Gasteiger partial charge >= 0.3 is 0 Å². The Morgan fingerprint density at radius 2 is 1.50 bits per heavy atom. The fourth-order valence-electron chi connectivity index (χ4n) is 2.85. The quantitative estimate of drug-likeness (QED) is 0.405. The molecule has 8 nitrogen and oxygen atoms in total. The van der Waals surface area contributed by atoms with E-state index >= 15 is 0 Å². The molecule has 2 aromatic carbocycles. The van der Waals surface area contributed by atoms with Crippen molar-refractivity contribution in [2.45, 2.75) is 30.7 Å². The molecule has 150 valence electrons. The molecular weight excluding hydrogens is 368 g/mol. The number of phenolic OH excluding ortho intramolecular Hbond substituents is 2. The van der Waals surface area contributed by atoms with Gasteiger partial charge in [-0.15, -0.1) is 0 Å². The van der Waals surface area contributed by atoms with Crippen LogP contribution in [0.2, 0.25) is 0 Å². The average Bonchev–Trinajstić information content (AvgIpc) is 2.67. The minimum absolute atomic E-state index is 0.0903. The largest absolute Gasteiger partial charge is 0.508 e. The summed E-state index contributed by atoms with van der Waals surface area (Å²) in [6, 6.07) is 10.9. The van der Waals surface area contributed by atoms with E-state index in [1.165, 1.54) is 12.1 Å². The first-order chi connectivity index (χ1) is 13.4. The number of aromatic hydroxyl groups is 2. The lowest BCUT2D eigenvalue weighted by atomic mass is 9.99. The third-order valence-electron chi connectivity index (χ3n) is 4.38. The highest BCUT2D eigenvalue weighted by Gasteiger charge is 2.44. The summed E-state index contributed by atoms with van der Waals surface area (Å²) in [6.45, 7) is -0.564. The van der Waals surface area contributed by atoms with Gasteiger partial charge in [0.25, 0.3) is 0 Å². The molecule has 5 atom stereocenters. The first-order valence-electron chi connectivity index (χ1n) is 8.65. The maximum atomic E-state index is 10.1. The molecule has 1 aliphatic heterocycles. The van der Waals surface area contributed by atoms with Crippen molar-refractivity contribution < 1.29 is 40.1 Å². The lowest BCUT2D eigenvalue weighted by molar-refractivity contribution is -0.277. The van der Waals surface area contributed by atoms with E-state index in [0.29, 0.717) is 5.56 Å². The number of ether oxygens (including phenoxy) is 2. The van der Waals surface area contributed by atoms with Crippen LogP contribution in [0.25, 0.3) is 12.2 Å². The van der Waals surface area contributed by atoms with E-state index in [4.69, 9.17) is 9.47 Å². The molecular formula is C20H22O8. The van der Waals surface area contributed by atoms with Crippen molar-refractivity contribution in [3.05, 3.63) is 53.6 Å². The van der Waals surface area contributed by atoms with Gasteiger partial charge < -0.3 is 40.1 Å². The summed E-state index contributed by atoms with van der Waals surface area (Å²) >= 11 is 0. The summed E-state index contributed by atoms with van der Waals surface area (Å²) in [6.07, 6.45) is -3.52. The highest BCUT2D eigenvalue weighted by Crippen LogP contribution is 2.28. The SMILES string of the molecule is OCC1O[C@@H](Oc2cc(O)cc(/C=C\c3ccc(O)cc3)c2)[C@@H](O)C(O)[C@@H]1O. The smallest absolute Gasteiger partial charge is 0.229 e. The number of rotatable bonds is 5. The minimum atomic E-state index is -1.55. The molecule has 3 rings (SSSR count). The molecule has 0 aromatic heterocycles. The Bertz CT molecular complexity index is 817. The van der Waals surface area contributed by atoms with E-state index in [9.17, 15) is 30.6 Å². The molecule has 0 radical (unpaired) electrons. The van der Waals surface area contributed by atoms with E-state index in [2.05, 4.69) is 0 Å². The van der Waals surface area contributed by atoms with Crippen LogP contribution in [0.4, 0.5) is 0 Å². The zero-order valence-corrected chi connectivity index (χ0v) is 14.8. The van der Waals surface area contributed by atoms with E-state index < -0.39 is 37.3 Å². The van der Waals surface area contributed by atoms with Crippen molar-refractivity contribution >= 4 is 12.2 Å². The summed E-state index contributed by atoms with van der Waals surface area (Å²) in [5.41, 5.74) is 1.42. The average molecular weight is 390 g/mol. The topological polar surface area (TPSA) is 140 Å². The van der Waals surface area contributed by atoms with Gasteiger partial charge in [0.15, 0.2) is 0 Å².